The fourth-order valence-corrected chi connectivity index (χ4v) is 4.30. The number of para-hydroxylation sites is 1. The standard InChI is InChI=1S/C26H32N2O3S/c1-7-19(5)28-25(29)23(32-26(28)27-21-13-11-18(4)12-14-21)15-20-9-8-10-22(30-6)24(20)31-16-17(2)3/h8-15,17,19H,7,16H2,1-6H3/b23-15+,27-26?/t19-/m1/s1. The Bertz CT molecular complexity index is 1010. The summed E-state index contributed by atoms with van der Waals surface area (Å²) in [5, 5.41) is 0.701. The molecular weight excluding hydrogens is 420 g/mol. The van der Waals surface area contributed by atoms with Crippen LogP contribution < -0.4 is 9.47 Å². The highest BCUT2D eigenvalue weighted by molar-refractivity contribution is 8.18. The van der Waals surface area contributed by atoms with Crippen molar-refractivity contribution in [2.24, 2.45) is 10.9 Å². The van der Waals surface area contributed by atoms with Gasteiger partial charge in [-0.1, -0.05) is 50.6 Å². The van der Waals surface area contributed by atoms with Gasteiger partial charge in [-0.15, -0.1) is 0 Å². The molecule has 0 bridgehead atoms. The maximum atomic E-state index is 13.4. The van der Waals surface area contributed by atoms with Gasteiger partial charge in [0.1, 0.15) is 0 Å². The predicted octanol–water partition coefficient (Wildman–Crippen LogP) is 6.44. The van der Waals surface area contributed by atoms with Gasteiger partial charge in [0.2, 0.25) is 0 Å². The molecule has 1 amide bonds. The molecule has 1 aliphatic rings. The van der Waals surface area contributed by atoms with Crippen LogP contribution in [0.5, 0.6) is 11.5 Å². The normalized spacial score (nSPS) is 17.5. The van der Waals surface area contributed by atoms with E-state index in [4.69, 9.17) is 14.5 Å². The number of amides is 1. The number of thioether (sulfide) groups is 1. The third kappa shape index (κ3) is 5.54. The largest absolute Gasteiger partial charge is 0.493 e. The van der Waals surface area contributed by atoms with E-state index in [2.05, 4.69) is 27.7 Å². The number of benzene rings is 2. The van der Waals surface area contributed by atoms with Crippen molar-refractivity contribution < 1.29 is 14.3 Å². The quantitative estimate of drug-likeness (QED) is 0.432. The van der Waals surface area contributed by atoms with E-state index in [1.165, 1.54) is 17.3 Å². The van der Waals surface area contributed by atoms with Gasteiger partial charge in [-0.2, -0.15) is 0 Å². The summed E-state index contributed by atoms with van der Waals surface area (Å²) in [5.41, 5.74) is 2.83. The molecule has 170 valence electrons. The molecule has 5 nitrogen and oxygen atoms in total. The minimum absolute atomic E-state index is 0.0344. The second-order valence-electron chi connectivity index (χ2n) is 8.36. The first-order valence-corrected chi connectivity index (χ1v) is 11.8. The third-order valence-electron chi connectivity index (χ3n) is 5.20. The lowest BCUT2D eigenvalue weighted by Crippen LogP contribution is -2.36. The molecule has 2 aromatic rings. The Morgan fingerprint density at radius 2 is 1.84 bits per heavy atom. The Kier molecular flexibility index (Phi) is 8.02. The van der Waals surface area contributed by atoms with Gasteiger partial charge in [-0.05, 0) is 62.2 Å². The average molecular weight is 453 g/mol. The number of carbonyl (C=O) groups excluding carboxylic acids is 1. The maximum Gasteiger partial charge on any atom is 0.267 e. The first-order chi connectivity index (χ1) is 15.3. The molecule has 1 saturated heterocycles. The molecule has 0 saturated carbocycles. The monoisotopic (exact) mass is 452 g/mol. The van der Waals surface area contributed by atoms with Crippen LogP contribution in [-0.2, 0) is 4.79 Å². The van der Waals surface area contributed by atoms with E-state index in [1.807, 2.05) is 55.5 Å². The summed E-state index contributed by atoms with van der Waals surface area (Å²) >= 11 is 1.40. The van der Waals surface area contributed by atoms with Gasteiger partial charge in [-0.25, -0.2) is 4.99 Å². The minimum Gasteiger partial charge on any atom is -0.493 e. The van der Waals surface area contributed by atoms with E-state index in [9.17, 15) is 4.79 Å². The molecule has 2 aromatic carbocycles. The summed E-state index contributed by atoms with van der Waals surface area (Å²) in [6, 6.07) is 13.8. The van der Waals surface area contributed by atoms with Gasteiger partial charge in [0.25, 0.3) is 5.91 Å². The van der Waals surface area contributed by atoms with Crippen LogP contribution in [0.4, 0.5) is 5.69 Å². The smallest absolute Gasteiger partial charge is 0.267 e. The van der Waals surface area contributed by atoms with Crippen LogP contribution in [0.2, 0.25) is 0 Å². The summed E-state index contributed by atoms with van der Waals surface area (Å²) in [7, 11) is 1.63. The number of carbonyl (C=O) groups is 1. The predicted molar refractivity (Wildman–Crippen MR) is 134 cm³/mol. The van der Waals surface area contributed by atoms with Crippen LogP contribution >= 0.6 is 11.8 Å². The van der Waals surface area contributed by atoms with Crippen molar-refractivity contribution in [3.8, 4) is 11.5 Å². The molecule has 0 unspecified atom stereocenters. The molecule has 1 aliphatic heterocycles. The van der Waals surface area contributed by atoms with Gasteiger partial charge in [0.15, 0.2) is 16.7 Å². The number of aliphatic imine (C=N–C) groups is 1. The van der Waals surface area contributed by atoms with Gasteiger partial charge in [0, 0.05) is 11.6 Å². The van der Waals surface area contributed by atoms with Crippen molar-refractivity contribution >= 4 is 34.6 Å². The number of hydrogen-bond acceptors (Lipinski definition) is 5. The number of ether oxygens (including phenoxy) is 2. The summed E-state index contributed by atoms with van der Waals surface area (Å²) in [4.78, 5) is 20.6. The van der Waals surface area contributed by atoms with E-state index in [0.29, 0.717) is 34.1 Å². The molecule has 0 radical (unpaired) electrons. The summed E-state index contributed by atoms with van der Waals surface area (Å²) < 4.78 is 11.6. The third-order valence-corrected chi connectivity index (χ3v) is 6.19. The molecule has 3 rings (SSSR count). The topological polar surface area (TPSA) is 51.1 Å². The zero-order valence-corrected chi connectivity index (χ0v) is 20.5. The number of amidine groups is 1. The van der Waals surface area contributed by atoms with Crippen LogP contribution in [0, 0.1) is 12.8 Å². The van der Waals surface area contributed by atoms with Crippen LogP contribution in [0.1, 0.15) is 45.2 Å². The SMILES string of the molecule is CC[C@@H](C)N1C(=O)/C(=C\c2cccc(OC)c2OCC(C)C)SC1=Nc1ccc(C)cc1. The number of rotatable bonds is 8. The van der Waals surface area contributed by atoms with E-state index in [1.54, 1.807) is 12.0 Å². The fraction of sp³-hybridized carbons (Fsp3) is 0.385. The van der Waals surface area contributed by atoms with Gasteiger partial charge in [0.05, 0.1) is 24.3 Å². The van der Waals surface area contributed by atoms with Crippen LogP contribution in [0.3, 0.4) is 0 Å². The summed E-state index contributed by atoms with van der Waals surface area (Å²) in [5.74, 6) is 1.65. The van der Waals surface area contributed by atoms with Gasteiger partial charge >= 0.3 is 0 Å². The van der Waals surface area contributed by atoms with Gasteiger partial charge in [-0.3, -0.25) is 9.69 Å². The Hall–Kier alpha value is -2.73. The van der Waals surface area contributed by atoms with E-state index >= 15 is 0 Å². The van der Waals surface area contributed by atoms with Gasteiger partial charge < -0.3 is 9.47 Å². The lowest BCUT2D eigenvalue weighted by atomic mass is 10.1. The Balaban J connectivity index is 2.01. The molecule has 1 atom stereocenters. The van der Waals surface area contributed by atoms with Crippen molar-refractivity contribution in [1.29, 1.82) is 0 Å². The second kappa shape index (κ2) is 10.7. The minimum atomic E-state index is -0.0344. The fourth-order valence-electron chi connectivity index (χ4n) is 3.22. The highest BCUT2D eigenvalue weighted by Crippen LogP contribution is 2.39. The zero-order chi connectivity index (χ0) is 23.3. The molecule has 1 fully saturated rings. The van der Waals surface area contributed by atoms with Crippen molar-refractivity contribution in [2.45, 2.75) is 47.1 Å². The highest BCUT2D eigenvalue weighted by atomic mass is 32.2. The molecular formula is C26H32N2O3S. The van der Waals surface area contributed by atoms with Crippen LogP contribution in [-0.4, -0.2) is 35.7 Å². The number of methoxy groups -OCH3 is 1. The Labute approximate surface area is 195 Å². The molecule has 32 heavy (non-hydrogen) atoms. The second-order valence-corrected chi connectivity index (χ2v) is 9.37. The number of nitrogens with zero attached hydrogens (tertiary/aromatic N) is 2. The lowest BCUT2D eigenvalue weighted by molar-refractivity contribution is -0.123. The average Bonchev–Trinajstić information content (AvgIpc) is 3.08. The molecule has 0 aliphatic carbocycles. The Morgan fingerprint density at radius 1 is 1.12 bits per heavy atom. The van der Waals surface area contributed by atoms with E-state index in [0.717, 1.165) is 17.7 Å². The Morgan fingerprint density at radius 3 is 2.47 bits per heavy atom. The molecule has 0 spiro atoms. The lowest BCUT2D eigenvalue weighted by Gasteiger charge is -2.22. The summed E-state index contributed by atoms with van der Waals surface area (Å²) in [6.07, 6.45) is 2.73. The highest BCUT2D eigenvalue weighted by Gasteiger charge is 2.36. The van der Waals surface area contributed by atoms with Crippen molar-refractivity contribution in [3.63, 3.8) is 0 Å². The first-order valence-electron chi connectivity index (χ1n) is 11.0. The van der Waals surface area contributed by atoms with Crippen LogP contribution in [0.25, 0.3) is 6.08 Å². The van der Waals surface area contributed by atoms with E-state index < -0.39 is 0 Å². The van der Waals surface area contributed by atoms with Crippen molar-refractivity contribution in [3.05, 3.63) is 58.5 Å². The molecule has 0 aromatic heterocycles. The summed E-state index contributed by atoms with van der Waals surface area (Å²) in [6.45, 7) is 10.9. The van der Waals surface area contributed by atoms with Crippen LogP contribution in [0.15, 0.2) is 52.4 Å². The molecule has 6 heteroatoms. The van der Waals surface area contributed by atoms with E-state index in [-0.39, 0.29) is 11.9 Å². The molecule has 1 heterocycles. The van der Waals surface area contributed by atoms with Crippen molar-refractivity contribution in [1.82, 2.24) is 4.90 Å². The van der Waals surface area contributed by atoms with Crippen molar-refractivity contribution in [2.75, 3.05) is 13.7 Å². The number of aryl methyl sites for hydroxylation is 1. The number of hydrogen-bond donors (Lipinski definition) is 0. The zero-order valence-electron chi connectivity index (χ0n) is 19.7. The molecule has 0 N–H and O–H groups in total. The first kappa shape index (κ1) is 23.9. The maximum absolute atomic E-state index is 13.4.